The average molecular weight is 480 g/mol. The number of benzene rings is 2. The van der Waals surface area contributed by atoms with Gasteiger partial charge in [0, 0.05) is 14.8 Å². The molecule has 0 radical (unpaired) electrons. The van der Waals surface area contributed by atoms with E-state index < -0.39 is 11.7 Å². The number of aromatic amines is 1. The number of halogens is 5. The third kappa shape index (κ3) is 3.98. The van der Waals surface area contributed by atoms with Crippen molar-refractivity contribution in [3.63, 3.8) is 0 Å². The van der Waals surface area contributed by atoms with Crippen molar-refractivity contribution in [3.8, 4) is 11.1 Å². The van der Waals surface area contributed by atoms with Crippen LogP contribution in [-0.4, -0.2) is 15.2 Å². The van der Waals surface area contributed by atoms with E-state index in [-0.39, 0.29) is 28.2 Å². The molecule has 0 bridgehead atoms. The van der Waals surface area contributed by atoms with Gasteiger partial charge in [0.2, 0.25) is 11.9 Å². The lowest BCUT2D eigenvalue weighted by atomic mass is 9.98. The maximum atomic E-state index is 13.6. The highest BCUT2D eigenvalue weighted by Gasteiger charge is 2.35. The molecule has 2 aromatic carbocycles. The summed E-state index contributed by atoms with van der Waals surface area (Å²) in [6, 6.07) is 8.98. The molecule has 3 rings (SSSR count). The first-order chi connectivity index (χ1) is 11.7. The molecule has 0 spiro atoms. The first kappa shape index (κ1) is 17.8. The summed E-state index contributed by atoms with van der Waals surface area (Å²) in [5.41, 5.74) is 4.95. The quantitative estimate of drug-likeness (QED) is 0.458. The predicted molar refractivity (Wildman–Crippen MR) is 98.7 cm³/mol. The molecule has 0 aliphatic rings. The minimum absolute atomic E-state index is 0.0398. The molecular formula is C15H10ClF3IN5. The Morgan fingerprint density at radius 1 is 1.16 bits per heavy atom. The van der Waals surface area contributed by atoms with Gasteiger partial charge in [-0.25, -0.2) is 5.10 Å². The van der Waals surface area contributed by atoms with E-state index in [1.54, 1.807) is 24.3 Å². The Balaban J connectivity index is 2.10. The first-order valence-corrected chi connectivity index (χ1v) is 8.31. The number of hydrogen-bond acceptors (Lipinski definition) is 4. The summed E-state index contributed by atoms with van der Waals surface area (Å²) in [7, 11) is 0. The van der Waals surface area contributed by atoms with Crippen LogP contribution in [0.3, 0.4) is 0 Å². The Bertz CT molecular complexity index is 909. The third-order valence-corrected chi connectivity index (χ3v) is 4.30. The highest BCUT2D eigenvalue weighted by molar-refractivity contribution is 14.1. The van der Waals surface area contributed by atoms with Crippen LogP contribution in [0, 0.1) is 3.57 Å². The van der Waals surface area contributed by atoms with E-state index in [4.69, 9.17) is 17.3 Å². The summed E-state index contributed by atoms with van der Waals surface area (Å²) in [6.07, 6.45) is -4.59. The number of nitrogens with one attached hydrogen (secondary N) is 2. The fourth-order valence-electron chi connectivity index (χ4n) is 2.27. The normalized spacial score (nSPS) is 11.6. The molecule has 0 saturated carbocycles. The lowest BCUT2D eigenvalue weighted by Crippen LogP contribution is -2.09. The van der Waals surface area contributed by atoms with Gasteiger partial charge in [0.15, 0.2) is 0 Å². The van der Waals surface area contributed by atoms with E-state index in [9.17, 15) is 13.2 Å². The second kappa shape index (κ2) is 6.71. The van der Waals surface area contributed by atoms with E-state index in [1.165, 1.54) is 6.07 Å². The summed E-state index contributed by atoms with van der Waals surface area (Å²) in [5, 5.41) is 8.72. The number of rotatable bonds is 3. The molecule has 4 N–H and O–H groups in total. The Labute approximate surface area is 158 Å². The fraction of sp³-hybridized carbons (Fsp3) is 0.0667. The van der Waals surface area contributed by atoms with Crippen molar-refractivity contribution >= 4 is 51.8 Å². The Morgan fingerprint density at radius 3 is 2.40 bits per heavy atom. The maximum absolute atomic E-state index is 13.6. The largest absolute Gasteiger partial charge is 0.417 e. The molecular weight excluding hydrogens is 470 g/mol. The molecule has 130 valence electrons. The van der Waals surface area contributed by atoms with E-state index in [1.807, 2.05) is 0 Å². The van der Waals surface area contributed by atoms with Crippen LogP contribution in [0.4, 0.5) is 30.8 Å². The van der Waals surface area contributed by atoms with Crippen LogP contribution in [0.25, 0.3) is 11.1 Å². The fourth-order valence-corrected chi connectivity index (χ4v) is 2.96. The van der Waals surface area contributed by atoms with Crippen molar-refractivity contribution in [1.29, 1.82) is 0 Å². The van der Waals surface area contributed by atoms with Gasteiger partial charge in [0.25, 0.3) is 0 Å². The SMILES string of the molecule is Nc1nc(Nc2cc(Cl)c(-c3ccc(I)cc3)c(C(F)(F)F)c2)n[nH]1. The monoisotopic (exact) mass is 479 g/mol. The summed E-state index contributed by atoms with van der Waals surface area (Å²) in [6.45, 7) is 0. The summed E-state index contributed by atoms with van der Waals surface area (Å²) in [5.74, 6) is 0.0869. The second-order valence-corrected chi connectivity index (χ2v) is 6.71. The van der Waals surface area contributed by atoms with Crippen molar-refractivity contribution in [3.05, 3.63) is 50.6 Å². The van der Waals surface area contributed by atoms with E-state index >= 15 is 0 Å². The number of anilines is 3. The van der Waals surface area contributed by atoms with Crippen molar-refractivity contribution < 1.29 is 13.2 Å². The van der Waals surface area contributed by atoms with Gasteiger partial charge in [-0.2, -0.15) is 18.2 Å². The molecule has 0 atom stereocenters. The second-order valence-electron chi connectivity index (χ2n) is 5.05. The molecule has 1 aromatic heterocycles. The number of hydrogen-bond donors (Lipinski definition) is 3. The lowest BCUT2D eigenvalue weighted by molar-refractivity contribution is -0.137. The van der Waals surface area contributed by atoms with Gasteiger partial charge < -0.3 is 11.1 Å². The van der Waals surface area contributed by atoms with Gasteiger partial charge in [0.1, 0.15) is 0 Å². The van der Waals surface area contributed by atoms with Gasteiger partial charge in [0.05, 0.1) is 10.6 Å². The number of nitrogen functional groups attached to an aromatic ring is 1. The molecule has 0 amide bonds. The molecule has 0 unspecified atom stereocenters. The lowest BCUT2D eigenvalue weighted by Gasteiger charge is -2.17. The molecule has 5 nitrogen and oxygen atoms in total. The average Bonchev–Trinajstić information content (AvgIpc) is 2.92. The van der Waals surface area contributed by atoms with Crippen LogP contribution in [0.5, 0.6) is 0 Å². The summed E-state index contributed by atoms with van der Waals surface area (Å²) in [4.78, 5) is 3.79. The number of aromatic nitrogens is 3. The van der Waals surface area contributed by atoms with E-state index in [0.29, 0.717) is 5.56 Å². The topological polar surface area (TPSA) is 79.6 Å². The van der Waals surface area contributed by atoms with Gasteiger partial charge in [-0.1, -0.05) is 23.7 Å². The summed E-state index contributed by atoms with van der Waals surface area (Å²) >= 11 is 8.25. The van der Waals surface area contributed by atoms with Gasteiger partial charge in [-0.3, -0.25) is 0 Å². The minimum Gasteiger partial charge on any atom is -0.368 e. The number of alkyl halides is 3. The molecule has 10 heteroatoms. The van der Waals surface area contributed by atoms with Crippen molar-refractivity contribution in [1.82, 2.24) is 15.2 Å². The molecule has 25 heavy (non-hydrogen) atoms. The highest BCUT2D eigenvalue weighted by Crippen LogP contribution is 2.43. The number of nitrogens with two attached hydrogens (primary N) is 1. The Morgan fingerprint density at radius 2 is 1.84 bits per heavy atom. The summed E-state index contributed by atoms with van der Waals surface area (Å²) < 4.78 is 41.6. The highest BCUT2D eigenvalue weighted by atomic mass is 127. The van der Waals surface area contributed by atoms with Crippen molar-refractivity contribution in [2.24, 2.45) is 0 Å². The minimum atomic E-state index is -4.59. The molecule has 0 aliphatic carbocycles. The zero-order chi connectivity index (χ0) is 18.2. The van der Waals surface area contributed by atoms with Crippen LogP contribution in [0.15, 0.2) is 36.4 Å². The molecule has 0 fully saturated rings. The van der Waals surface area contributed by atoms with Crippen LogP contribution < -0.4 is 11.1 Å². The molecule has 0 aliphatic heterocycles. The van der Waals surface area contributed by atoms with Crippen molar-refractivity contribution in [2.75, 3.05) is 11.1 Å². The van der Waals surface area contributed by atoms with Gasteiger partial charge in [-0.15, -0.1) is 5.10 Å². The zero-order valence-electron chi connectivity index (χ0n) is 12.3. The van der Waals surface area contributed by atoms with Gasteiger partial charge in [-0.05, 0) is 52.4 Å². The maximum Gasteiger partial charge on any atom is 0.417 e. The van der Waals surface area contributed by atoms with Gasteiger partial charge >= 0.3 is 6.18 Å². The van der Waals surface area contributed by atoms with Crippen LogP contribution in [-0.2, 0) is 6.18 Å². The number of H-pyrrole nitrogens is 1. The molecule has 3 aromatic rings. The smallest absolute Gasteiger partial charge is 0.368 e. The standard InChI is InChI=1S/C15H10ClF3IN5/c16-11-6-9(22-14-23-13(21)24-25-14)5-10(15(17,18)19)12(11)7-1-3-8(20)4-2-7/h1-6H,(H4,21,22,23,24,25). The zero-order valence-corrected chi connectivity index (χ0v) is 15.2. The van der Waals surface area contributed by atoms with Crippen LogP contribution >= 0.6 is 34.2 Å². The Hall–Kier alpha value is -2.01. The first-order valence-electron chi connectivity index (χ1n) is 6.85. The van der Waals surface area contributed by atoms with E-state index in [2.05, 4.69) is 43.1 Å². The van der Waals surface area contributed by atoms with Crippen molar-refractivity contribution in [2.45, 2.75) is 6.18 Å². The van der Waals surface area contributed by atoms with Crippen LogP contribution in [0.1, 0.15) is 5.56 Å². The number of nitrogens with zero attached hydrogens (tertiary/aromatic N) is 2. The third-order valence-electron chi connectivity index (χ3n) is 3.29. The Kier molecular flexibility index (Phi) is 4.78. The molecule has 0 saturated heterocycles. The van der Waals surface area contributed by atoms with E-state index in [0.717, 1.165) is 9.64 Å². The molecule has 1 heterocycles. The predicted octanol–water partition coefficient (Wildman–Crippen LogP) is 5.07. The van der Waals surface area contributed by atoms with Crippen LogP contribution in [0.2, 0.25) is 5.02 Å².